The third-order valence-corrected chi connectivity index (χ3v) is 10.2. The van der Waals surface area contributed by atoms with Crippen molar-refractivity contribution in [2.24, 2.45) is 0 Å². The average molecular weight is 689 g/mol. The molecule has 10 aromatic rings. The van der Waals surface area contributed by atoms with Gasteiger partial charge in [-0.2, -0.15) is 0 Å². The minimum absolute atomic E-state index is 0.616. The molecule has 0 atom stereocenters. The van der Waals surface area contributed by atoms with E-state index in [1.807, 2.05) is 79.1 Å². The summed E-state index contributed by atoms with van der Waals surface area (Å²) < 4.78 is 0. The SMILES string of the molecule is c1ccc(-c2nc(-c3ccccc3)nc(-c3cc(-c4cccc(-c5cccnc5)c4)cc(-c4cccc5c6ccccc6c6ccccc6c45)c3)n2)cc1. The maximum absolute atomic E-state index is 5.16. The third kappa shape index (κ3) is 5.67. The predicted molar refractivity (Wildman–Crippen MR) is 223 cm³/mol. The Labute approximate surface area is 313 Å². The van der Waals surface area contributed by atoms with Crippen LogP contribution in [0.5, 0.6) is 0 Å². The minimum atomic E-state index is 0.616. The lowest BCUT2D eigenvalue weighted by atomic mass is 9.88. The molecule has 0 radical (unpaired) electrons. The molecule has 2 aromatic heterocycles. The first-order chi connectivity index (χ1) is 26.8. The molecule has 0 N–H and O–H groups in total. The largest absolute Gasteiger partial charge is 0.264 e. The van der Waals surface area contributed by atoms with E-state index in [1.165, 1.54) is 32.3 Å². The molecule has 0 unspecified atom stereocenters. The third-order valence-electron chi connectivity index (χ3n) is 10.2. The molecule has 2 heterocycles. The van der Waals surface area contributed by atoms with Gasteiger partial charge in [0.2, 0.25) is 0 Å². The summed E-state index contributed by atoms with van der Waals surface area (Å²) in [5, 5.41) is 7.42. The zero-order valence-corrected chi connectivity index (χ0v) is 29.3. The molecule has 8 aromatic carbocycles. The van der Waals surface area contributed by atoms with Gasteiger partial charge in [-0.15, -0.1) is 0 Å². The van der Waals surface area contributed by atoms with Crippen molar-refractivity contribution < 1.29 is 0 Å². The van der Waals surface area contributed by atoms with Crippen molar-refractivity contribution >= 4 is 32.3 Å². The number of hydrogen-bond acceptors (Lipinski definition) is 4. The Morgan fingerprint density at radius 2 is 0.704 bits per heavy atom. The first-order valence-electron chi connectivity index (χ1n) is 18.1. The second kappa shape index (κ2) is 13.4. The molecule has 4 nitrogen and oxygen atoms in total. The summed E-state index contributed by atoms with van der Waals surface area (Å²) in [6.45, 7) is 0. The quantitative estimate of drug-likeness (QED) is 0.163. The molecule has 0 aliphatic rings. The number of rotatable bonds is 6. The summed E-state index contributed by atoms with van der Waals surface area (Å²) in [5.74, 6) is 1.88. The van der Waals surface area contributed by atoms with Crippen LogP contribution in [0.1, 0.15) is 0 Å². The van der Waals surface area contributed by atoms with E-state index in [9.17, 15) is 0 Å². The number of aromatic nitrogens is 4. The molecule has 0 saturated carbocycles. The van der Waals surface area contributed by atoms with Gasteiger partial charge in [-0.25, -0.2) is 15.0 Å². The fourth-order valence-electron chi connectivity index (χ4n) is 7.62. The summed E-state index contributed by atoms with van der Waals surface area (Å²) in [4.78, 5) is 19.7. The van der Waals surface area contributed by atoms with Crippen LogP contribution in [0.4, 0.5) is 0 Å². The van der Waals surface area contributed by atoms with Gasteiger partial charge in [-0.3, -0.25) is 4.98 Å². The second-order valence-electron chi connectivity index (χ2n) is 13.5. The maximum Gasteiger partial charge on any atom is 0.164 e. The van der Waals surface area contributed by atoms with Crippen LogP contribution in [0.15, 0.2) is 194 Å². The van der Waals surface area contributed by atoms with Gasteiger partial charge < -0.3 is 0 Å². The fraction of sp³-hybridized carbons (Fsp3) is 0. The fourth-order valence-corrected chi connectivity index (χ4v) is 7.62. The molecular formula is C50H32N4. The van der Waals surface area contributed by atoms with Gasteiger partial charge >= 0.3 is 0 Å². The normalized spacial score (nSPS) is 11.3. The molecule has 0 amide bonds. The topological polar surface area (TPSA) is 51.6 Å². The van der Waals surface area contributed by atoms with Crippen LogP contribution < -0.4 is 0 Å². The summed E-state index contributed by atoms with van der Waals surface area (Å²) in [5.41, 5.74) is 9.36. The van der Waals surface area contributed by atoms with Gasteiger partial charge in [0.15, 0.2) is 17.5 Å². The molecule has 0 fully saturated rings. The zero-order valence-electron chi connectivity index (χ0n) is 29.3. The van der Waals surface area contributed by atoms with E-state index < -0.39 is 0 Å². The lowest BCUT2D eigenvalue weighted by Crippen LogP contribution is -2.00. The second-order valence-corrected chi connectivity index (χ2v) is 13.5. The van der Waals surface area contributed by atoms with E-state index in [2.05, 4.69) is 120 Å². The number of nitrogens with zero attached hydrogens (tertiary/aromatic N) is 4. The molecule has 0 saturated heterocycles. The monoisotopic (exact) mass is 688 g/mol. The number of fused-ring (bicyclic) bond motifs is 6. The van der Waals surface area contributed by atoms with Crippen LogP contribution in [0, 0.1) is 0 Å². The van der Waals surface area contributed by atoms with Crippen LogP contribution >= 0.6 is 0 Å². The summed E-state index contributed by atoms with van der Waals surface area (Å²) in [6.07, 6.45) is 3.72. The van der Waals surface area contributed by atoms with Gasteiger partial charge in [0.25, 0.3) is 0 Å². The lowest BCUT2D eigenvalue weighted by Gasteiger charge is -2.16. The van der Waals surface area contributed by atoms with E-state index in [0.717, 1.165) is 50.1 Å². The summed E-state index contributed by atoms with van der Waals surface area (Å²) in [7, 11) is 0. The van der Waals surface area contributed by atoms with E-state index in [1.54, 1.807) is 0 Å². The molecule has 4 heteroatoms. The Balaban J connectivity index is 1.26. The predicted octanol–water partition coefficient (Wildman–Crippen LogP) is 12.7. The summed E-state index contributed by atoms with van der Waals surface area (Å²) >= 11 is 0. The van der Waals surface area contributed by atoms with Crippen molar-refractivity contribution in [1.29, 1.82) is 0 Å². The Bertz CT molecular complexity index is 2880. The van der Waals surface area contributed by atoms with Gasteiger partial charge in [0.05, 0.1) is 0 Å². The van der Waals surface area contributed by atoms with Crippen molar-refractivity contribution in [3.05, 3.63) is 194 Å². The van der Waals surface area contributed by atoms with E-state index in [4.69, 9.17) is 15.0 Å². The molecule has 0 spiro atoms. The highest BCUT2D eigenvalue weighted by molar-refractivity contribution is 6.28. The highest BCUT2D eigenvalue weighted by Crippen LogP contribution is 2.42. The number of benzene rings is 8. The molecule has 252 valence electrons. The molecule has 54 heavy (non-hydrogen) atoms. The molecule has 0 bridgehead atoms. The number of pyridine rings is 1. The number of hydrogen-bond donors (Lipinski definition) is 0. The Morgan fingerprint density at radius 1 is 0.278 bits per heavy atom. The first-order valence-corrected chi connectivity index (χ1v) is 18.1. The average Bonchev–Trinajstić information content (AvgIpc) is 3.27. The van der Waals surface area contributed by atoms with Crippen molar-refractivity contribution in [2.45, 2.75) is 0 Å². The highest BCUT2D eigenvalue weighted by Gasteiger charge is 2.18. The summed E-state index contributed by atoms with van der Waals surface area (Å²) in [6, 6.07) is 63.9. The van der Waals surface area contributed by atoms with Crippen LogP contribution in [0.25, 0.3) is 99.9 Å². The minimum Gasteiger partial charge on any atom is -0.264 e. The van der Waals surface area contributed by atoms with E-state index >= 15 is 0 Å². The van der Waals surface area contributed by atoms with Gasteiger partial charge in [0, 0.05) is 34.6 Å². The van der Waals surface area contributed by atoms with Crippen molar-refractivity contribution in [3.8, 4) is 67.5 Å². The van der Waals surface area contributed by atoms with E-state index in [-0.39, 0.29) is 0 Å². The van der Waals surface area contributed by atoms with Gasteiger partial charge in [-0.1, -0.05) is 152 Å². The first kappa shape index (κ1) is 31.4. The van der Waals surface area contributed by atoms with Crippen molar-refractivity contribution in [1.82, 2.24) is 19.9 Å². The van der Waals surface area contributed by atoms with Crippen molar-refractivity contribution in [2.75, 3.05) is 0 Å². The van der Waals surface area contributed by atoms with Crippen LogP contribution in [-0.2, 0) is 0 Å². The van der Waals surface area contributed by atoms with Gasteiger partial charge in [0.1, 0.15) is 0 Å². The van der Waals surface area contributed by atoms with Crippen LogP contribution in [0.2, 0.25) is 0 Å². The standard InChI is InChI=1S/C50H32N4/c1-3-14-33(15-4-1)48-52-49(34-16-5-2-6-17-34)54-50(53-48)40-30-38(36-19-11-18-35(28-36)37-20-13-27-51-32-37)29-39(31-40)41-25-12-26-46-44-22-8-7-21-42(44)43-23-9-10-24-45(43)47(41)46/h1-32H. The molecule has 10 rings (SSSR count). The van der Waals surface area contributed by atoms with Crippen molar-refractivity contribution in [3.63, 3.8) is 0 Å². The highest BCUT2D eigenvalue weighted by atomic mass is 15.0. The smallest absolute Gasteiger partial charge is 0.164 e. The molecule has 0 aliphatic heterocycles. The van der Waals surface area contributed by atoms with E-state index in [0.29, 0.717) is 17.5 Å². The van der Waals surface area contributed by atoms with Gasteiger partial charge in [-0.05, 0) is 90.5 Å². The maximum atomic E-state index is 5.16. The Morgan fingerprint density at radius 3 is 1.31 bits per heavy atom. The van der Waals surface area contributed by atoms with Crippen LogP contribution in [0.3, 0.4) is 0 Å². The van der Waals surface area contributed by atoms with Crippen LogP contribution in [-0.4, -0.2) is 19.9 Å². The Kier molecular flexibility index (Phi) is 7.77. The molecule has 0 aliphatic carbocycles. The molecular weight excluding hydrogens is 657 g/mol. The Hall–Kier alpha value is -7.30. The lowest BCUT2D eigenvalue weighted by molar-refractivity contribution is 1.07. The zero-order chi connectivity index (χ0) is 35.8.